The Morgan fingerprint density at radius 3 is 2.24 bits per heavy atom. The molecule has 0 aliphatic heterocycles. The van der Waals surface area contributed by atoms with Crippen LogP contribution in [-0.4, -0.2) is 64.6 Å². The third-order valence-corrected chi connectivity index (χ3v) is 5.66. The Morgan fingerprint density at radius 2 is 1.72 bits per heavy atom. The highest BCUT2D eigenvalue weighted by molar-refractivity contribution is 7.98. The lowest BCUT2D eigenvalue weighted by Crippen LogP contribution is -2.45. The number of hydrogen-bond donors (Lipinski definition) is 5. The normalized spacial score (nSPS) is 20.6. The first-order valence-electron chi connectivity index (χ1n) is 9.51. The fourth-order valence-corrected chi connectivity index (χ4v) is 3.69. The highest BCUT2D eigenvalue weighted by Crippen LogP contribution is 2.28. The molecular weight excluding hydrogens is 422 g/mol. The van der Waals surface area contributed by atoms with E-state index in [2.05, 4.69) is 10.6 Å². The van der Waals surface area contributed by atoms with Crippen LogP contribution < -0.4 is 16.4 Å². The molecule has 2 atom stereocenters. The van der Waals surface area contributed by atoms with Gasteiger partial charge in [-0.1, -0.05) is 0 Å². The zero-order chi connectivity index (χ0) is 21.1. The second-order valence-corrected chi connectivity index (χ2v) is 8.17. The Hall–Kier alpha value is -1.52. The number of halogens is 1. The molecule has 2 amide bonds. The number of carbonyl (C=O) groups is 4. The van der Waals surface area contributed by atoms with Gasteiger partial charge in [0.25, 0.3) is 0 Å². The fraction of sp³-hybridized carbons (Fsp3) is 0.778. The Morgan fingerprint density at radius 1 is 1.10 bits per heavy atom. The van der Waals surface area contributed by atoms with E-state index in [9.17, 15) is 19.2 Å². The van der Waals surface area contributed by atoms with Crippen LogP contribution in [0.1, 0.15) is 44.9 Å². The van der Waals surface area contributed by atoms with Crippen LogP contribution in [0.15, 0.2) is 0 Å². The Kier molecular flexibility index (Phi) is 13.7. The van der Waals surface area contributed by atoms with Gasteiger partial charge in [0.2, 0.25) is 11.8 Å². The lowest BCUT2D eigenvalue weighted by molar-refractivity contribution is -0.143. The second kappa shape index (κ2) is 14.5. The number of thioether (sulfide) groups is 1. The third kappa shape index (κ3) is 10.7. The fourth-order valence-electron chi connectivity index (χ4n) is 3.20. The van der Waals surface area contributed by atoms with E-state index in [1.165, 1.54) is 0 Å². The molecule has 168 valence electrons. The second-order valence-electron chi connectivity index (χ2n) is 7.18. The van der Waals surface area contributed by atoms with Crippen LogP contribution in [0.25, 0.3) is 0 Å². The summed E-state index contributed by atoms with van der Waals surface area (Å²) < 4.78 is 0. The first kappa shape index (κ1) is 27.5. The summed E-state index contributed by atoms with van der Waals surface area (Å²) >= 11 is 1.64. The van der Waals surface area contributed by atoms with Gasteiger partial charge < -0.3 is 26.6 Å². The number of nitrogens with one attached hydrogen (secondary N) is 2. The predicted octanol–water partition coefficient (Wildman–Crippen LogP) is 0.845. The van der Waals surface area contributed by atoms with Gasteiger partial charge in [-0.05, 0) is 56.5 Å². The molecule has 0 radical (unpaired) electrons. The van der Waals surface area contributed by atoms with Crippen LogP contribution in [0.4, 0.5) is 0 Å². The van der Waals surface area contributed by atoms with E-state index in [0.717, 1.165) is 18.6 Å². The van der Waals surface area contributed by atoms with E-state index in [1.807, 2.05) is 6.26 Å². The molecular formula is C18H32ClN3O6S. The van der Waals surface area contributed by atoms with Crippen molar-refractivity contribution in [1.29, 1.82) is 0 Å². The van der Waals surface area contributed by atoms with Gasteiger partial charge >= 0.3 is 11.9 Å². The van der Waals surface area contributed by atoms with Gasteiger partial charge in [0.05, 0.1) is 6.04 Å². The summed E-state index contributed by atoms with van der Waals surface area (Å²) in [6.45, 7) is 0.524. The first-order valence-corrected chi connectivity index (χ1v) is 10.9. The summed E-state index contributed by atoms with van der Waals surface area (Å²) in [5, 5.41) is 23.1. The van der Waals surface area contributed by atoms with Crippen LogP contribution >= 0.6 is 24.2 Å². The molecule has 0 aromatic rings. The Balaban J connectivity index is 0.00000784. The predicted molar refractivity (Wildman–Crippen MR) is 113 cm³/mol. The summed E-state index contributed by atoms with van der Waals surface area (Å²) in [7, 11) is 0. The minimum Gasteiger partial charge on any atom is -0.481 e. The largest absolute Gasteiger partial charge is 0.481 e. The van der Waals surface area contributed by atoms with Gasteiger partial charge in [-0.3, -0.25) is 14.4 Å². The van der Waals surface area contributed by atoms with Gasteiger partial charge in [0.1, 0.15) is 6.04 Å². The molecule has 1 fully saturated rings. The van der Waals surface area contributed by atoms with Crippen LogP contribution in [0.3, 0.4) is 0 Å². The number of nitrogens with two attached hydrogens (primary N) is 1. The van der Waals surface area contributed by atoms with Gasteiger partial charge in [0.15, 0.2) is 0 Å². The van der Waals surface area contributed by atoms with Gasteiger partial charge in [0, 0.05) is 18.9 Å². The SMILES string of the molecule is CSCC[C@H](N)C(=O)NCC1CCC(C(=O)N[C@@H](CCC(=O)O)C(=O)O)CC1.Cl. The van der Waals surface area contributed by atoms with E-state index in [0.29, 0.717) is 25.8 Å². The molecule has 0 heterocycles. The number of hydrogen-bond acceptors (Lipinski definition) is 6. The van der Waals surface area contributed by atoms with Gasteiger partial charge in [-0.2, -0.15) is 11.8 Å². The standard InChI is InChI=1S/C18H31N3O6S.ClH/c1-28-9-8-13(19)17(25)20-10-11-2-4-12(5-3-11)16(24)21-14(18(26)27)6-7-15(22)23;/h11-14H,2-10,19H2,1H3,(H,20,25)(H,21,24)(H,22,23)(H,26,27);1H/t11?,12?,13-,14-;/m0./s1. The smallest absolute Gasteiger partial charge is 0.326 e. The number of carbonyl (C=O) groups excluding carboxylic acids is 2. The molecule has 6 N–H and O–H groups in total. The van der Waals surface area contributed by atoms with Crippen molar-refractivity contribution in [3.63, 3.8) is 0 Å². The van der Waals surface area contributed by atoms with Crippen molar-refractivity contribution < 1.29 is 29.4 Å². The zero-order valence-electron chi connectivity index (χ0n) is 16.6. The summed E-state index contributed by atoms with van der Waals surface area (Å²) in [6, 6.07) is -1.70. The average molecular weight is 454 g/mol. The number of rotatable bonds is 12. The van der Waals surface area contributed by atoms with Crippen molar-refractivity contribution >= 4 is 47.9 Å². The van der Waals surface area contributed by atoms with Crippen molar-refractivity contribution in [1.82, 2.24) is 10.6 Å². The molecule has 11 heteroatoms. The molecule has 1 aliphatic carbocycles. The van der Waals surface area contributed by atoms with E-state index in [4.69, 9.17) is 15.9 Å². The number of aliphatic carboxylic acids is 2. The van der Waals surface area contributed by atoms with E-state index in [1.54, 1.807) is 11.8 Å². The minimum atomic E-state index is -1.23. The van der Waals surface area contributed by atoms with Gasteiger partial charge in [-0.25, -0.2) is 4.79 Å². The molecule has 0 saturated heterocycles. The average Bonchev–Trinajstić information content (AvgIpc) is 2.67. The summed E-state index contributed by atoms with van der Waals surface area (Å²) in [4.78, 5) is 46.1. The van der Waals surface area contributed by atoms with Crippen molar-refractivity contribution in [3.8, 4) is 0 Å². The minimum absolute atomic E-state index is 0. The van der Waals surface area contributed by atoms with Crippen molar-refractivity contribution in [2.45, 2.75) is 57.0 Å². The molecule has 0 aromatic heterocycles. The quantitative estimate of drug-likeness (QED) is 0.290. The van der Waals surface area contributed by atoms with Crippen molar-refractivity contribution in [2.24, 2.45) is 17.6 Å². The molecule has 0 unspecified atom stereocenters. The number of carboxylic acids is 2. The first-order chi connectivity index (χ1) is 13.2. The zero-order valence-corrected chi connectivity index (χ0v) is 18.2. The topological polar surface area (TPSA) is 159 Å². The molecule has 1 rings (SSSR count). The highest BCUT2D eigenvalue weighted by Gasteiger charge is 2.29. The van der Waals surface area contributed by atoms with E-state index in [-0.39, 0.29) is 48.9 Å². The van der Waals surface area contributed by atoms with Crippen LogP contribution in [0.2, 0.25) is 0 Å². The third-order valence-electron chi connectivity index (χ3n) is 5.01. The Labute approximate surface area is 181 Å². The van der Waals surface area contributed by atoms with Crippen LogP contribution in [0.5, 0.6) is 0 Å². The molecule has 29 heavy (non-hydrogen) atoms. The van der Waals surface area contributed by atoms with E-state index < -0.39 is 24.0 Å². The van der Waals surface area contributed by atoms with Crippen LogP contribution in [0, 0.1) is 11.8 Å². The van der Waals surface area contributed by atoms with Crippen molar-refractivity contribution in [2.75, 3.05) is 18.6 Å². The maximum absolute atomic E-state index is 12.3. The molecule has 1 aliphatic rings. The number of amides is 2. The van der Waals surface area contributed by atoms with Gasteiger partial charge in [-0.15, -0.1) is 12.4 Å². The van der Waals surface area contributed by atoms with Crippen LogP contribution in [-0.2, 0) is 19.2 Å². The molecule has 9 nitrogen and oxygen atoms in total. The highest BCUT2D eigenvalue weighted by atomic mass is 35.5. The van der Waals surface area contributed by atoms with E-state index >= 15 is 0 Å². The lowest BCUT2D eigenvalue weighted by Gasteiger charge is -2.29. The summed E-state index contributed by atoms with van der Waals surface area (Å²) in [5.41, 5.74) is 5.83. The molecule has 0 spiro atoms. The molecule has 0 aromatic carbocycles. The Bertz CT molecular complexity index is 558. The summed E-state index contributed by atoms with van der Waals surface area (Å²) in [6.07, 6.45) is 4.86. The monoisotopic (exact) mass is 453 g/mol. The summed E-state index contributed by atoms with van der Waals surface area (Å²) in [5.74, 6) is -2.03. The molecule has 0 bridgehead atoms. The molecule has 1 saturated carbocycles. The lowest BCUT2D eigenvalue weighted by atomic mass is 9.81. The number of carboxylic acid groups (broad SMARTS) is 2. The maximum Gasteiger partial charge on any atom is 0.326 e. The maximum atomic E-state index is 12.3. The van der Waals surface area contributed by atoms with Crippen molar-refractivity contribution in [3.05, 3.63) is 0 Å².